The van der Waals surface area contributed by atoms with E-state index in [1.807, 2.05) is 30.3 Å². The Bertz CT molecular complexity index is 660. The molecule has 0 saturated heterocycles. The average molecular weight is 310 g/mol. The number of fused-ring (bicyclic) bond motifs is 1. The second-order valence-corrected chi connectivity index (χ2v) is 6.10. The van der Waals surface area contributed by atoms with Crippen molar-refractivity contribution in [2.45, 2.75) is 10.3 Å². The first-order chi connectivity index (χ1) is 9.15. The largest absolute Gasteiger partial charge is 0.336 e. The monoisotopic (exact) mass is 309 g/mol. The van der Waals surface area contributed by atoms with Crippen LogP contribution < -0.4 is 5.32 Å². The number of hydrogen-bond donors (Lipinski definition) is 1. The van der Waals surface area contributed by atoms with E-state index in [-0.39, 0.29) is 11.3 Å². The summed E-state index contributed by atoms with van der Waals surface area (Å²) < 4.78 is 0. The molecule has 1 amide bonds. The Morgan fingerprint density at radius 3 is 2.63 bits per heavy atom. The molecule has 2 aromatic carbocycles. The molecule has 96 valence electrons. The predicted octanol–water partition coefficient (Wildman–Crippen LogP) is 4.53. The molecular formula is C14H9Cl2NOS. The second kappa shape index (κ2) is 5.08. The zero-order valence-electron chi connectivity index (χ0n) is 9.69. The van der Waals surface area contributed by atoms with Gasteiger partial charge in [-0.2, -0.15) is 0 Å². The third kappa shape index (κ3) is 2.46. The summed E-state index contributed by atoms with van der Waals surface area (Å²) in [5.74, 6) is -0.0644. The molecule has 19 heavy (non-hydrogen) atoms. The highest BCUT2D eigenvalue weighted by Crippen LogP contribution is 2.40. The van der Waals surface area contributed by atoms with Crippen LogP contribution in [0.1, 0.15) is 21.3 Å². The van der Waals surface area contributed by atoms with E-state index in [2.05, 4.69) is 5.32 Å². The van der Waals surface area contributed by atoms with Gasteiger partial charge in [0.2, 0.25) is 0 Å². The molecule has 1 N–H and O–H groups in total. The summed E-state index contributed by atoms with van der Waals surface area (Å²) in [5, 5.41) is 3.82. The van der Waals surface area contributed by atoms with Crippen molar-refractivity contribution in [2.24, 2.45) is 0 Å². The highest BCUT2D eigenvalue weighted by molar-refractivity contribution is 7.99. The first-order valence-corrected chi connectivity index (χ1v) is 7.30. The van der Waals surface area contributed by atoms with Gasteiger partial charge < -0.3 is 5.32 Å². The number of halogens is 2. The lowest BCUT2D eigenvalue weighted by Gasteiger charge is -2.25. The highest BCUT2D eigenvalue weighted by atomic mass is 35.5. The second-order valence-electron chi connectivity index (χ2n) is 4.14. The summed E-state index contributed by atoms with van der Waals surface area (Å²) in [4.78, 5) is 13.0. The van der Waals surface area contributed by atoms with Crippen LogP contribution in [-0.2, 0) is 0 Å². The smallest absolute Gasteiger partial charge is 0.253 e. The van der Waals surface area contributed by atoms with Gasteiger partial charge in [0, 0.05) is 4.90 Å². The zero-order chi connectivity index (χ0) is 13.4. The predicted molar refractivity (Wildman–Crippen MR) is 79.0 cm³/mol. The van der Waals surface area contributed by atoms with Crippen LogP contribution in [0.2, 0.25) is 10.0 Å². The lowest BCUT2D eigenvalue weighted by molar-refractivity contribution is 0.0943. The lowest BCUT2D eigenvalue weighted by Crippen LogP contribution is -2.30. The van der Waals surface area contributed by atoms with Crippen molar-refractivity contribution < 1.29 is 4.79 Å². The van der Waals surface area contributed by atoms with E-state index in [4.69, 9.17) is 23.2 Å². The van der Waals surface area contributed by atoms with Crippen LogP contribution in [-0.4, -0.2) is 5.91 Å². The van der Waals surface area contributed by atoms with Crippen LogP contribution >= 0.6 is 35.0 Å². The van der Waals surface area contributed by atoms with Crippen molar-refractivity contribution in [3.05, 3.63) is 63.6 Å². The topological polar surface area (TPSA) is 29.1 Å². The molecule has 1 unspecified atom stereocenters. The highest BCUT2D eigenvalue weighted by Gasteiger charge is 2.25. The first kappa shape index (κ1) is 12.9. The van der Waals surface area contributed by atoms with Crippen molar-refractivity contribution in [3.8, 4) is 0 Å². The number of amides is 1. The van der Waals surface area contributed by atoms with Gasteiger partial charge in [-0.3, -0.25) is 4.79 Å². The summed E-state index contributed by atoms with van der Waals surface area (Å²) in [7, 11) is 0. The summed E-state index contributed by atoms with van der Waals surface area (Å²) >= 11 is 13.5. The summed E-state index contributed by atoms with van der Waals surface area (Å²) in [6.07, 6.45) is 0. The van der Waals surface area contributed by atoms with E-state index in [0.29, 0.717) is 15.6 Å². The van der Waals surface area contributed by atoms with E-state index in [1.54, 1.807) is 23.9 Å². The number of carbonyl (C=O) groups excluding carboxylic acids is 1. The van der Waals surface area contributed by atoms with Crippen molar-refractivity contribution in [2.75, 3.05) is 0 Å². The maximum Gasteiger partial charge on any atom is 0.253 e. The third-order valence-electron chi connectivity index (χ3n) is 2.89. The minimum absolute atomic E-state index is 0.0644. The van der Waals surface area contributed by atoms with Crippen LogP contribution in [0.5, 0.6) is 0 Å². The van der Waals surface area contributed by atoms with Crippen LogP contribution in [0.4, 0.5) is 0 Å². The number of rotatable bonds is 1. The van der Waals surface area contributed by atoms with Gasteiger partial charge in [-0.1, -0.05) is 53.2 Å². The summed E-state index contributed by atoms with van der Waals surface area (Å²) in [5.41, 5.74) is 1.64. The Kier molecular flexibility index (Phi) is 3.44. The fourth-order valence-electron chi connectivity index (χ4n) is 1.94. The Hall–Kier alpha value is -1.16. The minimum Gasteiger partial charge on any atom is -0.336 e. The molecule has 5 heteroatoms. The normalized spacial score (nSPS) is 17.8. The fraction of sp³-hybridized carbons (Fsp3) is 0.0714. The Morgan fingerprint density at radius 1 is 1.05 bits per heavy atom. The molecule has 1 atom stereocenters. The van der Waals surface area contributed by atoms with Gasteiger partial charge in [-0.15, -0.1) is 0 Å². The van der Waals surface area contributed by atoms with Crippen LogP contribution in [0, 0.1) is 0 Å². The molecule has 0 spiro atoms. The average Bonchev–Trinajstić information content (AvgIpc) is 2.42. The quantitative estimate of drug-likeness (QED) is 0.838. The molecule has 0 bridgehead atoms. The van der Waals surface area contributed by atoms with E-state index in [1.165, 1.54) is 0 Å². The molecule has 0 fully saturated rings. The molecule has 0 aliphatic carbocycles. The van der Waals surface area contributed by atoms with Crippen LogP contribution in [0.3, 0.4) is 0 Å². The molecule has 1 heterocycles. The maximum absolute atomic E-state index is 12.0. The first-order valence-electron chi connectivity index (χ1n) is 5.66. The standard InChI is InChI=1S/C14H9Cl2NOS/c15-10-6-5-8(7-11(10)16)14-17-13(18)9-3-1-2-4-12(9)19-14/h1-7,14H,(H,17,18). The number of nitrogens with one attached hydrogen (secondary N) is 1. The number of thioether (sulfide) groups is 1. The lowest BCUT2D eigenvalue weighted by atomic mass is 10.1. The number of benzene rings is 2. The van der Waals surface area contributed by atoms with E-state index >= 15 is 0 Å². The molecule has 1 aliphatic rings. The van der Waals surface area contributed by atoms with E-state index < -0.39 is 0 Å². The summed E-state index contributed by atoms with van der Waals surface area (Å²) in [6, 6.07) is 13.0. The number of carbonyl (C=O) groups is 1. The Balaban J connectivity index is 1.96. The van der Waals surface area contributed by atoms with Gasteiger partial charge in [0.25, 0.3) is 5.91 Å². The molecule has 2 nitrogen and oxygen atoms in total. The van der Waals surface area contributed by atoms with Crippen molar-refractivity contribution in [1.82, 2.24) is 5.32 Å². The van der Waals surface area contributed by atoms with Crippen LogP contribution in [0.25, 0.3) is 0 Å². The molecular weight excluding hydrogens is 301 g/mol. The van der Waals surface area contributed by atoms with Crippen LogP contribution in [0.15, 0.2) is 47.4 Å². The molecule has 3 rings (SSSR count). The van der Waals surface area contributed by atoms with Gasteiger partial charge in [0.1, 0.15) is 5.37 Å². The fourth-order valence-corrected chi connectivity index (χ4v) is 3.39. The molecule has 0 aromatic heterocycles. The van der Waals surface area contributed by atoms with Gasteiger partial charge in [-0.05, 0) is 29.8 Å². The molecule has 0 radical (unpaired) electrons. The van der Waals surface area contributed by atoms with Crippen molar-refractivity contribution in [1.29, 1.82) is 0 Å². The number of hydrogen-bond acceptors (Lipinski definition) is 2. The minimum atomic E-state index is -0.142. The van der Waals surface area contributed by atoms with Gasteiger partial charge in [0.05, 0.1) is 15.6 Å². The van der Waals surface area contributed by atoms with E-state index in [9.17, 15) is 4.79 Å². The maximum atomic E-state index is 12.0. The van der Waals surface area contributed by atoms with Gasteiger partial charge >= 0.3 is 0 Å². The summed E-state index contributed by atoms with van der Waals surface area (Å²) in [6.45, 7) is 0. The Labute approximate surface area is 125 Å². The third-order valence-corrected chi connectivity index (χ3v) is 4.86. The molecule has 0 saturated carbocycles. The molecule has 1 aliphatic heterocycles. The van der Waals surface area contributed by atoms with Crippen molar-refractivity contribution >= 4 is 40.9 Å². The van der Waals surface area contributed by atoms with Gasteiger partial charge in [0.15, 0.2) is 0 Å². The SMILES string of the molecule is O=C1NC(c2ccc(Cl)c(Cl)c2)Sc2ccccc21. The zero-order valence-corrected chi connectivity index (χ0v) is 12.0. The molecule has 2 aromatic rings. The van der Waals surface area contributed by atoms with E-state index in [0.717, 1.165) is 10.5 Å². The van der Waals surface area contributed by atoms with Gasteiger partial charge in [-0.25, -0.2) is 0 Å². The van der Waals surface area contributed by atoms with Crippen molar-refractivity contribution in [3.63, 3.8) is 0 Å². The Morgan fingerprint density at radius 2 is 1.84 bits per heavy atom.